The van der Waals surface area contributed by atoms with Crippen LogP contribution in [0.25, 0.3) is 10.8 Å². The zero-order chi connectivity index (χ0) is 12.0. The van der Waals surface area contributed by atoms with Gasteiger partial charge in [0.05, 0.1) is 10.7 Å². The maximum atomic E-state index is 5.40. The van der Waals surface area contributed by atoms with Gasteiger partial charge in [-0.05, 0) is 25.1 Å². The molecule has 0 radical (unpaired) electrons. The molecule has 1 fully saturated rings. The molecule has 17 heavy (non-hydrogen) atoms. The number of aromatic amines is 1. The highest BCUT2D eigenvalue weighted by Crippen LogP contribution is 2.46. The summed E-state index contributed by atoms with van der Waals surface area (Å²) in [5.74, 6) is 1.61. The molecule has 2 aromatic heterocycles. The molecule has 1 aliphatic carbocycles. The molecule has 0 unspecified atom stereocenters. The van der Waals surface area contributed by atoms with Gasteiger partial charge < -0.3 is 4.42 Å². The molecule has 1 aliphatic rings. The third-order valence-electron chi connectivity index (χ3n) is 2.76. The predicted molar refractivity (Wildman–Crippen MR) is 68.9 cm³/mol. The van der Waals surface area contributed by atoms with E-state index in [0.29, 0.717) is 22.6 Å². The molecule has 0 aliphatic heterocycles. The fraction of sp³-hybridized carbons (Fsp3) is 0.545. The van der Waals surface area contributed by atoms with Crippen molar-refractivity contribution in [3.05, 3.63) is 15.5 Å². The zero-order valence-electron chi connectivity index (χ0n) is 9.69. The highest BCUT2D eigenvalue weighted by atomic mass is 32.1. The Labute approximate surface area is 108 Å². The smallest absolute Gasteiger partial charge is 0.284 e. The Hall–Kier alpha value is -1.01. The zero-order valence-corrected chi connectivity index (χ0v) is 11.3. The summed E-state index contributed by atoms with van der Waals surface area (Å²) in [5.41, 5.74) is 1.14. The third-order valence-corrected chi connectivity index (χ3v) is 4.29. The van der Waals surface area contributed by atoms with E-state index in [0.717, 1.165) is 15.6 Å². The van der Waals surface area contributed by atoms with Gasteiger partial charge in [0.15, 0.2) is 0 Å². The lowest BCUT2D eigenvalue weighted by Gasteiger charge is -1.95. The maximum absolute atomic E-state index is 5.40. The van der Waals surface area contributed by atoms with Gasteiger partial charge in [-0.15, -0.1) is 16.4 Å². The van der Waals surface area contributed by atoms with Crippen LogP contribution >= 0.6 is 23.6 Å². The lowest BCUT2D eigenvalue weighted by molar-refractivity contribution is 0.552. The van der Waals surface area contributed by atoms with E-state index in [2.05, 4.69) is 24.0 Å². The van der Waals surface area contributed by atoms with Gasteiger partial charge in [-0.25, -0.2) is 10.1 Å². The van der Waals surface area contributed by atoms with Crippen molar-refractivity contribution >= 4 is 23.6 Å². The van der Waals surface area contributed by atoms with Crippen LogP contribution < -0.4 is 0 Å². The number of thiazole rings is 1. The Kier molecular flexibility index (Phi) is 2.63. The quantitative estimate of drug-likeness (QED) is 0.858. The number of nitrogens with one attached hydrogen (secondary N) is 1. The van der Waals surface area contributed by atoms with Crippen LogP contribution in [-0.2, 0) is 0 Å². The van der Waals surface area contributed by atoms with E-state index < -0.39 is 0 Å². The van der Waals surface area contributed by atoms with Crippen LogP contribution in [0.4, 0.5) is 0 Å². The lowest BCUT2D eigenvalue weighted by atomic mass is 10.2. The summed E-state index contributed by atoms with van der Waals surface area (Å²) in [6, 6.07) is 0. The Bertz CT molecular complexity index is 592. The van der Waals surface area contributed by atoms with E-state index in [1.807, 2.05) is 0 Å². The predicted octanol–water partition coefficient (Wildman–Crippen LogP) is 3.86. The minimum atomic E-state index is 0.321. The van der Waals surface area contributed by atoms with Gasteiger partial charge in [-0.1, -0.05) is 13.8 Å². The summed E-state index contributed by atoms with van der Waals surface area (Å²) in [4.78, 5) is 6.09. The first-order valence-electron chi connectivity index (χ1n) is 5.71. The summed E-state index contributed by atoms with van der Waals surface area (Å²) in [6.45, 7) is 4.30. The van der Waals surface area contributed by atoms with E-state index in [9.17, 15) is 0 Å². The van der Waals surface area contributed by atoms with Crippen molar-refractivity contribution in [3.8, 4) is 10.8 Å². The highest BCUT2D eigenvalue weighted by molar-refractivity contribution is 7.71. The van der Waals surface area contributed by atoms with Crippen LogP contribution in [-0.4, -0.2) is 15.2 Å². The molecule has 0 amide bonds. The van der Waals surface area contributed by atoms with Gasteiger partial charge in [-0.2, -0.15) is 0 Å². The topological polar surface area (TPSA) is 54.7 Å². The molecule has 0 aromatic carbocycles. The molecule has 0 bridgehead atoms. The fourth-order valence-electron chi connectivity index (χ4n) is 1.71. The van der Waals surface area contributed by atoms with Gasteiger partial charge in [0, 0.05) is 11.8 Å². The summed E-state index contributed by atoms with van der Waals surface area (Å²) in [7, 11) is 0. The van der Waals surface area contributed by atoms with E-state index in [-0.39, 0.29) is 0 Å². The number of hydrogen-bond donors (Lipinski definition) is 1. The molecule has 0 saturated heterocycles. The minimum Gasteiger partial charge on any atom is -0.408 e. The van der Waals surface area contributed by atoms with Gasteiger partial charge in [0.25, 0.3) is 10.7 Å². The number of hydrogen-bond acceptors (Lipinski definition) is 5. The molecule has 0 spiro atoms. The van der Waals surface area contributed by atoms with Crippen LogP contribution in [0.1, 0.15) is 49.2 Å². The van der Waals surface area contributed by atoms with E-state index in [1.165, 1.54) is 12.8 Å². The monoisotopic (exact) mass is 267 g/mol. The molecule has 2 heterocycles. The van der Waals surface area contributed by atoms with Crippen molar-refractivity contribution in [2.24, 2.45) is 0 Å². The van der Waals surface area contributed by atoms with Gasteiger partial charge in [0.1, 0.15) is 4.88 Å². The van der Waals surface area contributed by atoms with Crippen molar-refractivity contribution in [1.29, 1.82) is 0 Å². The van der Waals surface area contributed by atoms with Crippen molar-refractivity contribution in [1.82, 2.24) is 15.2 Å². The van der Waals surface area contributed by atoms with Crippen molar-refractivity contribution in [2.45, 2.75) is 38.5 Å². The van der Waals surface area contributed by atoms with Crippen molar-refractivity contribution in [2.75, 3.05) is 0 Å². The lowest BCUT2D eigenvalue weighted by Crippen LogP contribution is -1.87. The van der Waals surface area contributed by atoms with Gasteiger partial charge in [0.2, 0.25) is 0 Å². The molecule has 3 rings (SSSR count). The van der Waals surface area contributed by atoms with E-state index in [4.69, 9.17) is 21.6 Å². The van der Waals surface area contributed by atoms with Crippen molar-refractivity contribution < 1.29 is 4.42 Å². The number of aromatic nitrogens is 3. The fourth-order valence-corrected chi connectivity index (χ4v) is 2.91. The number of nitrogens with zero attached hydrogens (tertiary/aromatic N) is 2. The van der Waals surface area contributed by atoms with Crippen LogP contribution in [0.3, 0.4) is 0 Å². The summed E-state index contributed by atoms with van der Waals surface area (Å²) < 4.78 is 5.40. The normalized spacial score (nSPS) is 15.7. The molecule has 90 valence electrons. The second-order valence-corrected chi connectivity index (χ2v) is 6.02. The Morgan fingerprint density at radius 1 is 1.47 bits per heavy atom. The maximum Gasteiger partial charge on any atom is 0.284 e. The SMILES string of the molecule is CC(C)c1nc(C2CC2)c(-c2n[nH]c(=S)o2)s1. The minimum absolute atomic E-state index is 0.321. The molecule has 1 saturated carbocycles. The molecule has 1 N–H and O–H groups in total. The average Bonchev–Trinajstić information content (AvgIpc) is 2.88. The second kappa shape index (κ2) is 4.03. The van der Waals surface area contributed by atoms with E-state index in [1.54, 1.807) is 11.3 Å². The standard InChI is InChI=1S/C11H13N3OS2/c1-5(2)10-12-7(6-3-4-6)8(17-10)9-13-14-11(16)15-9/h5-6H,3-4H2,1-2H3,(H,14,16). The van der Waals surface area contributed by atoms with Crippen LogP contribution in [0.5, 0.6) is 0 Å². The largest absolute Gasteiger partial charge is 0.408 e. The summed E-state index contributed by atoms with van der Waals surface area (Å²) in [5, 5.41) is 7.92. The first-order chi connectivity index (χ1) is 8.15. The van der Waals surface area contributed by atoms with Crippen molar-refractivity contribution in [3.63, 3.8) is 0 Å². The average molecular weight is 267 g/mol. The Morgan fingerprint density at radius 3 is 2.76 bits per heavy atom. The highest BCUT2D eigenvalue weighted by Gasteiger charge is 2.32. The molecule has 0 atom stereocenters. The van der Waals surface area contributed by atoms with Crippen LogP contribution in [0.15, 0.2) is 4.42 Å². The first kappa shape index (κ1) is 11.1. The van der Waals surface area contributed by atoms with Gasteiger partial charge in [-0.3, -0.25) is 0 Å². The molecule has 4 nitrogen and oxygen atoms in total. The van der Waals surface area contributed by atoms with Gasteiger partial charge >= 0.3 is 0 Å². The number of H-pyrrole nitrogens is 1. The molecule has 2 aromatic rings. The Morgan fingerprint density at radius 2 is 2.24 bits per heavy atom. The second-order valence-electron chi connectivity index (χ2n) is 4.61. The first-order valence-corrected chi connectivity index (χ1v) is 6.94. The third kappa shape index (κ3) is 2.07. The Balaban J connectivity index is 2.10. The summed E-state index contributed by atoms with van der Waals surface area (Å²) >= 11 is 6.58. The van der Waals surface area contributed by atoms with Crippen LogP contribution in [0, 0.1) is 4.84 Å². The molecular weight excluding hydrogens is 254 g/mol. The van der Waals surface area contributed by atoms with Crippen LogP contribution in [0.2, 0.25) is 0 Å². The van der Waals surface area contributed by atoms with E-state index >= 15 is 0 Å². The molecular formula is C11H13N3OS2. The summed E-state index contributed by atoms with van der Waals surface area (Å²) in [6.07, 6.45) is 2.44. The number of rotatable bonds is 3. The molecule has 6 heteroatoms.